The third-order valence-corrected chi connectivity index (χ3v) is 3.20. The summed E-state index contributed by atoms with van der Waals surface area (Å²) in [6.45, 7) is 17.5. The quantitative estimate of drug-likeness (QED) is 0.293. The summed E-state index contributed by atoms with van der Waals surface area (Å²) in [5.41, 5.74) is 0. The van der Waals surface area contributed by atoms with E-state index in [1.165, 1.54) is 7.11 Å². The van der Waals surface area contributed by atoms with Gasteiger partial charge in [0.15, 0.2) is 0 Å². The van der Waals surface area contributed by atoms with Crippen molar-refractivity contribution < 1.29 is 19.1 Å². The van der Waals surface area contributed by atoms with Crippen LogP contribution in [0.2, 0.25) is 0 Å². The van der Waals surface area contributed by atoms with E-state index in [1.807, 2.05) is 0 Å². The van der Waals surface area contributed by atoms with Gasteiger partial charge in [-0.2, -0.15) is 5.26 Å². The molecule has 0 aromatic rings. The minimum atomic E-state index is -0.477. The minimum absolute atomic E-state index is 0.0139. The van der Waals surface area contributed by atoms with Crippen LogP contribution in [-0.2, 0) is 19.1 Å². The van der Waals surface area contributed by atoms with Gasteiger partial charge in [0.25, 0.3) is 18.4 Å². The van der Waals surface area contributed by atoms with Gasteiger partial charge in [0.2, 0.25) is 0 Å². The maximum atomic E-state index is 11.5. The van der Waals surface area contributed by atoms with Gasteiger partial charge in [-0.15, -0.1) is 0 Å². The molecule has 9 heteroatoms. The van der Waals surface area contributed by atoms with Crippen LogP contribution in [0.3, 0.4) is 0 Å². The van der Waals surface area contributed by atoms with E-state index in [1.54, 1.807) is 16.1 Å². The van der Waals surface area contributed by atoms with Gasteiger partial charge in [0, 0.05) is 13.1 Å². The molecule has 2 amide bonds. The number of nitriles is 1. The second-order valence-corrected chi connectivity index (χ2v) is 5.28. The smallest absolute Gasteiger partial charge is 0.386 e. The maximum Gasteiger partial charge on any atom is 0.386 e. The van der Waals surface area contributed by atoms with Crippen LogP contribution >= 0.6 is 0 Å². The molecule has 1 aliphatic heterocycles. The Morgan fingerprint density at radius 2 is 1.59 bits per heavy atom. The highest BCUT2D eigenvalue weighted by atomic mass is 16.5. The minimum Gasteiger partial charge on any atom is -0.464 e. The van der Waals surface area contributed by atoms with Crippen LogP contribution in [0.25, 0.3) is 9.69 Å². The number of amides is 2. The fourth-order valence-corrected chi connectivity index (χ4v) is 1.85. The van der Waals surface area contributed by atoms with Gasteiger partial charge in [-0.3, -0.25) is 19.6 Å². The van der Waals surface area contributed by atoms with E-state index in [-0.39, 0.29) is 31.3 Å². The Balaban J connectivity index is 0. The summed E-state index contributed by atoms with van der Waals surface area (Å²) in [5.74, 6) is -0.552. The number of esters is 1. The van der Waals surface area contributed by atoms with Crippen molar-refractivity contribution in [2.24, 2.45) is 0 Å². The number of carbonyl (C=O) groups is 3. The third-order valence-electron chi connectivity index (χ3n) is 3.20. The van der Waals surface area contributed by atoms with Crippen LogP contribution in [0, 0.1) is 24.5 Å². The van der Waals surface area contributed by atoms with Gasteiger partial charge in [-0.25, -0.2) is 17.9 Å². The Morgan fingerprint density at radius 1 is 1.11 bits per heavy atom. The number of ether oxygens (including phenoxy) is 1. The van der Waals surface area contributed by atoms with Crippen molar-refractivity contribution in [3.8, 4) is 6.07 Å². The SMILES string of the molecule is CCCCN1C(=O)CC(=O)N1CCCC.[C-]#[N+]CC#N.[C-]#[N+]CC(=O)OC. The lowest BCUT2D eigenvalue weighted by Crippen LogP contribution is -2.42. The summed E-state index contributed by atoms with van der Waals surface area (Å²) in [5, 5.41) is 10.9. The molecular weight excluding hydrogens is 350 g/mol. The van der Waals surface area contributed by atoms with Crippen molar-refractivity contribution in [2.75, 3.05) is 33.3 Å². The lowest BCUT2D eigenvalue weighted by Gasteiger charge is -2.27. The van der Waals surface area contributed by atoms with E-state index in [0.717, 1.165) is 25.7 Å². The highest BCUT2D eigenvalue weighted by molar-refractivity contribution is 6.02. The predicted molar refractivity (Wildman–Crippen MR) is 98.4 cm³/mol. The standard InChI is InChI=1S/C11H20N2O2.C4H5NO2.C3H2N2/c1-3-5-7-12-10(14)9-11(15)13(12)8-6-4-2;1-5-3-4(6)7-2;1-5-3-2-4/h3-9H2,1-2H3;3H2,2H3;3H2. The number of hydrazine groups is 1. The fourth-order valence-electron chi connectivity index (χ4n) is 1.85. The molecule has 27 heavy (non-hydrogen) atoms. The summed E-state index contributed by atoms with van der Waals surface area (Å²) in [7, 11) is 1.26. The molecule has 1 heterocycles. The first-order valence-corrected chi connectivity index (χ1v) is 8.64. The molecular formula is C18H27N5O4. The number of rotatable bonds is 7. The van der Waals surface area contributed by atoms with Gasteiger partial charge in [-0.1, -0.05) is 26.7 Å². The second-order valence-electron chi connectivity index (χ2n) is 5.28. The molecule has 0 saturated carbocycles. The highest BCUT2D eigenvalue weighted by Gasteiger charge is 2.34. The number of hydrogen-bond acceptors (Lipinski definition) is 5. The molecule has 0 unspecified atom stereocenters. The maximum absolute atomic E-state index is 11.5. The van der Waals surface area contributed by atoms with Crippen LogP contribution < -0.4 is 0 Å². The van der Waals surface area contributed by atoms with Crippen molar-refractivity contribution in [3.63, 3.8) is 0 Å². The normalized spacial score (nSPS) is 11.9. The van der Waals surface area contributed by atoms with Crippen LogP contribution in [-0.4, -0.2) is 61.1 Å². The number of nitrogens with zero attached hydrogens (tertiary/aromatic N) is 5. The predicted octanol–water partition coefficient (Wildman–Crippen LogP) is 2.07. The average Bonchev–Trinajstić information content (AvgIpc) is 2.92. The first-order chi connectivity index (χ1) is 12.9. The Hall–Kier alpha value is -3.12. The van der Waals surface area contributed by atoms with Crippen LogP contribution in [0.4, 0.5) is 0 Å². The van der Waals surface area contributed by atoms with E-state index in [0.29, 0.717) is 13.1 Å². The molecule has 148 valence electrons. The zero-order chi connectivity index (χ0) is 21.1. The molecule has 0 aromatic heterocycles. The molecule has 9 nitrogen and oxygen atoms in total. The highest BCUT2D eigenvalue weighted by Crippen LogP contribution is 2.15. The van der Waals surface area contributed by atoms with Crippen LogP contribution in [0.5, 0.6) is 0 Å². The third kappa shape index (κ3) is 12.8. The molecule has 0 spiro atoms. The molecule has 1 saturated heterocycles. The Labute approximate surface area is 161 Å². The van der Waals surface area contributed by atoms with E-state index in [9.17, 15) is 14.4 Å². The van der Waals surface area contributed by atoms with E-state index in [4.69, 9.17) is 18.4 Å². The van der Waals surface area contributed by atoms with Crippen molar-refractivity contribution in [3.05, 3.63) is 22.8 Å². The molecule has 0 bridgehead atoms. The first kappa shape index (κ1) is 26.1. The summed E-state index contributed by atoms with van der Waals surface area (Å²) in [6.07, 6.45) is 4.07. The largest absolute Gasteiger partial charge is 0.464 e. The summed E-state index contributed by atoms with van der Waals surface area (Å²) in [4.78, 5) is 38.6. The van der Waals surface area contributed by atoms with Gasteiger partial charge < -0.3 is 14.4 Å². The molecule has 1 aliphatic rings. The molecule has 0 radical (unpaired) electrons. The Bertz CT molecular complexity index is 550. The van der Waals surface area contributed by atoms with Gasteiger partial charge in [0.1, 0.15) is 12.5 Å². The van der Waals surface area contributed by atoms with Crippen LogP contribution in [0.1, 0.15) is 46.0 Å². The number of carbonyl (C=O) groups excluding carboxylic acids is 3. The monoisotopic (exact) mass is 377 g/mol. The summed E-state index contributed by atoms with van der Waals surface area (Å²) in [6, 6.07) is 1.66. The topological polar surface area (TPSA) is 99.4 Å². The van der Waals surface area contributed by atoms with E-state index >= 15 is 0 Å². The first-order valence-electron chi connectivity index (χ1n) is 8.64. The molecule has 0 aliphatic carbocycles. The van der Waals surface area contributed by atoms with Gasteiger partial charge in [-0.05, 0) is 12.8 Å². The lowest BCUT2D eigenvalue weighted by molar-refractivity contribution is -0.147. The zero-order valence-electron chi connectivity index (χ0n) is 16.2. The van der Waals surface area contributed by atoms with Crippen molar-refractivity contribution >= 4 is 17.8 Å². The lowest BCUT2D eigenvalue weighted by atomic mass is 10.3. The van der Waals surface area contributed by atoms with E-state index < -0.39 is 5.97 Å². The fraction of sp³-hybridized carbons (Fsp3) is 0.667. The van der Waals surface area contributed by atoms with E-state index in [2.05, 4.69) is 28.3 Å². The number of hydrogen-bond donors (Lipinski definition) is 0. The Kier molecular flexibility index (Phi) is 17.1. The molecule has 1 rings (SSSR count). The second kappa shape index (κ2) is 17.7. The van der Waals surface area contributed by atoms with Crippen molar-refractivity contribution in [1.82, 2.24) is 10.0 Å². The van der Waals surface area contributed by atoms with Crippen molar-refractivity contribution in [1.29, 1.82) is 5.26 Å². The molecule has 0 aromatic carbocycles. The molecule has 0 atom stereocenters. The molecule has 1 fully saturated rings. The van der Waals surface area contributed by atoms with Gasteiger partial charge in [0.05, 0.1) is 7.11 Å². The van der Waals surface area contributed by atoms with Crippen molar-refractivity contribution in [2.45, 2.75) is 46.0 Å². The summed E-state index contributed by atoms with van der Waals surface area (Å²) < 4.78 is 4.14. The van der Waals surface area contributed by atoms with Gasteiger partial charge >= 0.3 is 12.5 Å². The Morgan fingerprint density at radius 3 is 1.81 bits per heavy atom. The number of methoxy groups -OCH3 is 1. The van der Waals surface area contributed by atoms with Crippen LogP contribution in [0.15, 0.2) is 0 Å². The number of unbranched alkanes of at least 4 members (excludes halogenated alkanes) is 2. The molecule has 0 N–H and O–H groups in total. The zero-order valence-corrected chi connectivity index (χ0v) is 16.2. The summed E-state index contributed by atoms with van der Waals surface area (Å²) >= 11 is 0. The average molecular weight is 377 g/mol.